The second-order valence-electron chi connectivity index (χ2n) is 3.92. The summed E-state index contributed by atoms with van der Waals surface area (Å²) in [6.07, 6.45) is 0.336. The van der Waals surface area contributed by atoms with Gasteiger partial charge in [-0.15, -0.1) is 0 Å². The predicted octanol–water partition coefficient (Wildman–Crippen LogP) is 1.82. The maximum absolute atomic E-state index is 11.6. The Hall–Kier alpha value is -2.04. The fourth-order valence-electron chi connectivity index (χ4n) is 1.69. The summed E-state index contributed by atoms with van der Waals surface area (Å²) in [6.45, 7) is 1.11. The van der Waals surface area contributed by atoms with E-state index in [1.165, 1.54) is 0 Å². The zero-order valence-electron chi connectivity index (χ0n) is 10.0. The number of nitrogens with zero attached hydrogens (tertiary/aromatic N) is 1. The van der Waals surface area contributed by atoms with Crippen molar-refractivity contribution >= 4 is 12.0 Å². The molecule has 1 aliphatic heterocycles. The Labute approximate surface area is 105 Å². The van der Waals surface area contributed by atoms with E-state index in [4.69, 9.17) is 9.47 Å². The van der Waals surface area contributed by atoms with Crippen LogP contribution in [-0.4, -0.2) is 36.7 Å². The van der Waals surface area contributed by atoms with Gasteiger partial charge in [-0.3, -0.25) is 4.79 Å². The molecule has 2 amide bonds. The number of benzene rings is 1. The SMILES string of the molecule is O=C(CCCOc1ccccc1)N1CCOC1=O. The summed E-state index contributed by atoms with van der Waals surface area (Å²) < 4.78 is 10.2. The van der Waals surface area contributed by atoms with Gasteiger partial charge in [0.25, 0.3) is 0 Å². The molecule has 5 heteroatoms. The molecule has 1 aromatic rings. The van der Waals surface area contributed by atoms with Gasteiger partial charge in [-0.25, -0.2) is 9.69 Å². The van der Waals surface area contributed by atoms with Crippen molar-refractivity contribution in [3.05, 3.63) is 30.3 Å². The molecular weight excluding hydrogens is 234 g/mol. The first kappa shape index (κ1) is 12.4. The molecule has 1 fully saturated rings. The van der Waals surface area contributed by atoms with Crippen molar-refractivity contribution in [1.29, 1.82) is 0 Å². The Balaban J connectivity index is 1.66. The average Bonchev–Trinajstić information content (AvgIpc) is 2.82. The molecule has 2 rings (SSSR count). The van der Waals surface area contributed by atoms with Crippen molar-refractivity contribution in [2.75, 3.05) is 19.8 Å². The monoisotopic (exact) mass is 249 g/mol. The first-order chi connectivity index (χ1) is 8.77. The minimum Gasteiger partial charge on any atom is -0.494 e. The van der Waals surface area contributed by atoms with Crippen molar-refractivity contribution in [3.63, 3.8) is 0 Å². The molecule has 5 nitrogen and oxygen atoms in total. The predicted molar refractivity (Wildman–Crippen MR) is 64.2 cm³/mol. The van der Waals surface area contributed by atoms with E-state index >= 15 is 0 Å². The second-order valence-corrected chi connectivity index (χ2v) is 3.92. The Morgan fingerprint density at radius 2 is 2.11 bits per heavy atom. The first-order valence-electron chi connectivity index (χ1n) is 5.92. The third-order valence-electron chi connectivity index (χ3n) is 2.61. The highest BCUT2D eigenvalue weighted by Gasteiger charge is 2.27. The molecule has 0 saturated carbocycles. The van der Waals surface area contributed by atoms with Crippen molar-refractivity contribution in [3.8, 4) is 5.75 Å². The van der Waals surface area contributed by atoms with E-state index in [0.29, 0.717) is 32.6 Å². The van der Waals surface area contributed by atoms with E-state index in [2.05, 4.69) is 0 Å². The van der Waals surface area contributed by atoms with Crippen LogP contribution in [0.15, 0.2) is 30.3 Å². The maximum atomic E-state index is 11.6. The highest BCUT2D eigenvalue weighted by Crippen LogP contribution is 2.10. The third-order valence-corrected chi connectivity index (χ3v) is 2.61. The van der Waals surface area contributed by atoms with Gasteiger partial charge in [0.1, 0.15) is 12.4 Å². The fourth-order valence-corrected chi connectivity index (χ4v) is 1.69. The van der Waals surface area contributed by atoms with E-state index < -0.39 is 6.09 Å². The van der Waals surface area contributed by atoms with E-state index in [0.717, 1.165) is 10.6 Å². The van der Waals surface area contributed by atoms with Crippen LogP contribution in [0.1, 0.15) is 12.8 Å². The minimum absolute atomic E-state index is 0.200. The summed E-state index contributed by atoms with van der Waals surface area (Å²) in [4.78, 5) is 23.9. The Bertz CT molecular complexity index is 418. The van der Waals surface area contributed by atoms with Crippen molar-refractivity contribution in [2.45, 2.75) is 12.8 Å². The number of carbonyl (C=O) groups is 2. The second kappa shape index (κ2) is 6.05. The van der Waals surface area contributed by atoms with Gasteiger partial charge >= 0.3 is 6.09 Å². The lowest BCUT2D eigenvalue weighted by Crippen LogP contribution is -2.31. The van der Waals surface area contributed by atoms with Crippen LogP contribution in [-0.2, 0) is 9.53 Å². The lowest BCUT2D eigenvalue weighted by molar-refractivity contribution is -0.127. The molecular formula is C13H15NO4. The van der Waals surface area contributed by atoms with Crippen molar-refractivity contribution in [1.82, 2.24) is 4.90 Å². The van der Waals surface area contributed by atoms with Crippen molar-refractivity contribution in [2.24, 2.45) is 0 Å². The molecule has 0 N–H and O–H groups in total. The molecule has 0 aromatic heterocycles. The van der Waals surface area contributed by atoms with E-state index in [-0.39, 0.29) is 5.91 Å². The number of rotatable bonds is 5. The molecule has 0 radical (unpaired) electrons. The molecule has 0 aliphatic carbocycles. The van der Waals surface area contributed by atoms with Crippen LogP contribution >= 0.6 is 0 Å². The number of hydrogen-bond acceptors (Lipinski definition) is 4. The van der Waals surface area contributed by atoms with E-state index in [1.807, 2.05) is 30.3 Å². The molecule has 0 bridgehead atoms. The van der Waals surface area contributed by atoms with Crippen LogP contribution < -0.4 is 4.74 Å². The zero-order chi connectivity index (χ0) is 12.8. The van der Waals surface area contributed by atoms with Crippen molar-refractivity contribution < 1.29 is 19.1 Å². The van der Waals surface area contributed by atoms with Crippen LogP contribution in [0.5, 0.6) is 5.75 Å². The quantitative estimate of drug-likeness (QED) is 0.747. The van der Waals surface area contributed by atoms with Gasteiger partial charge in [-0.1, -0.05) is 18.2 Å². The van der Waals surface area contributed by atoms with Gasteiger partial charge in [-0.2, -0.15) is 0 Å². The molecule has 1 heterocycles. The standard InChI is InChI=1S/C13H15NO4/c15-12(14-8-10-18-13(14)16)7-4-9-17-11-5-2-1-3-6-11/h1-3,5-6H,4,7-10H2. The number of imide groups is 1. The van der Waals surface area contributed by atoms with Gasteiger partial charge in [-0.05, 0) is 18.6 Å². The topological polar surface area (TPSA) is 55.8 Å². The third kappa shape index (κ3) is 3.23. The lowest BCUT2D eigenvalue weighted by atomic mass is 10.3. The number of para-hydroxylation sites is 1. The summed E-state index contributed by atoms with van der Waals surface area (Å²) in [6, 6.07) is 9.41. The van der Waals surface area contributed by atoms with Gasteiger partial charge in [0.15, 0.2) is 0 Å². The number of ether oxygens (including phenoxy) is 2. The summed E-state index contributed by atoms with van der Waals surface area (Å²) in [7, 11) is 0. The Morgan fingerprint density at radius 3 is 2.78 bits per heavy atom. The molecule has 18 heavy (non-hydrogen) atoms. The van der Waals surface area contributed by atoms with Crippen LogP contribution in [0.4, 0.5) is 4.79 Å². The molecule has 1 aliphatic rings. The Kier molecular flexibility index (Phi) is 4.17. The number of hydrogen-bond donors (Lipinski definition) is 0. The summed E-state index contributed by atoms with van der Waals surface area (Å²) in [5.41, 5.74) is 0. The smallest absolute Gasteiger partial charge is 0.416 e. The maximum Gasteiger partial charge on any atom is 0.416 e. The number of carbonyl (C=O) groups excluding carboxylic acids is 2. The van der Waals surface area contributed by atoms with Crippen LogP contribution in [0.25, 0.3) is 0 Å². The highest BCUT2D eigenvalue weighted by molar-refractivity contribution is 5.92. The van der Waals surface area contributed by atoms with E-state index in [9.17, 15) is 9.59 Å². The first-order valence-corrected chi connectivity index (χ1v) is 5.92. The minimum atomic E-state index is -0.538. The summed E-state index contributed by atoms with van der Waals surface area (Å²) in [5, 5.41) is 0. The lowest BCUT2D eigenvalue weighted by Gasteiger charge is -2.10. The number of amides is 2. The molecule has 1 saturated heterocycles. The van der Waals surface area contributed by atoms with Crippen LogP contribution in [0.2, 0.25) is 0 Å². The number of cyclic esters (lactones) is 1. The molecule has 0 atom stereocenters. The van der Waals surface area contributed by atoms with Crippen LogP contribution in [0, 0.1) is 0 Å². The molecule has 96 valence electrons. The van der Waals surface area contributed by atoms with Gasteiger partial charge in [0.2, 0.25) is 5.91 Å². The Morgan fingerprint density at radius 1 is 1.33 bits per heavy atom. The normalized spacial score (nSPS) is 14.4. The summed E-state index contributed by atoms with van der Waals surface area (Å²) >= 11 is 0. The van der Waals surface area contributed by atoms with Gasteiger partial charge in [0, 0.05) is 6.42 Å². The van der Waals surface area contributed by atoms with Gasteiger partial charge in [0.05, 0.1) is 13.2 Å². The van der Waals surface area contributed by atoms with Gasteiger partial charge < -0.3 is 9.47 Å². The average molecular weight is 249 g/mol. The largest absolute Gasteiger partial charge is 0.494 e. The highest BCUT2D eigenvalue weighted by atomic mass is 16.6. The molecule has 1 aromatic carbocycles. The zero-order valence-corrected chi connectivity index (χ0v) is 10.0. The molecule has 0 spiro atoms. The fraction of sp³-hybridized carbons (Fsp3) is 0.385. The summed E-state index contributed by atoms with van der Waals surface area (Å²) in [5.74, 6) is 0.583. The molecule has 0 unspecified atom stereocenters. The van der Waals surface area contributed by atoms with Crippen LogP contribution in [0.3, 0.4) is 0 Å². The van der Waals surface area contributed by atoms with E-state index in [1.54, 1.807) is 0 Å².